The molecular weight excluding hydrogens is 244 g/mol. The van der Waals surface area contributed by atoms with Crippen molar-refractivity contribution in [3.63, 3.8) is 0 Å². The largest absolute Gasteiger partial charge is 0.497 e. The summed E-state index contributed by atoms with van der Waals surface area (Å²) in [6.07, 6.45) is 0.857. The fourth-order valence-corrected chi connectivity index (χ4v) is 2.32. The van der Waals surface area contributed by atoms with E-state index in [0.29, 0.717) is 17.1 Å². The molecule has 1 aromatic carbocycles. The lowest BCUT2D eigenvalue weighted by Crippen LogP contribution is -2.43. The van der Waals surface area contributed by atoms with E-state index in [-0.39, 0.29) is 0 Å². The molecule has 1 N–H and O–H groups in total. The topological polar surface area (TPSA) is 50.8 Å². The van der Waals surface area contributed by atoms with Crippen molar-refractivity contribution < 1.29 is 14.3 Å². The first-order valence-electron chi connectivity index (χ1n) is 6.41. The minimum Gasteiger partial charge on any atom is -0.497 e. The fraction of sp³-hybridized carbons (Fsp3) is 0.500. The van der Waals surface area contributed by atoms with Crippen molar-refractivity contribution in [1.29, 1.82) is 0 Å². The van der Waals surface area contributed by atoms with E-state index in [1.165, 1.54) is 0 Å². The highest BCUT2D eigenvalue weighted by Crippen LogP contribution is 2.28. The zero-order valence-electron chi connectivity index (χ0n) is 11.4. The van der Waals surface area contributed by atoms with Crippen molar-refractivity contribution in [2.24, 2.45) is 0 Å². The maximum absolute atomic E-state index is 11.3. The normalized spacial score (nSPS) is 16.1. The zero-order valence-corrected chi connectivity index (χ0v) is 11.4. The molecule has 1 heterocycles. The number of aldehydes is 1. The summed E-state index contributed by atoms with van der Waals surface area (Å²) < 4.78 is 10.5. The van der Waals surface area contributed by atoms with Gasteiger partial charge in [0, 0.05) is 38.8 Å². The highest BCUT2D eigenvalue weighted by atomic mass is 16.5. The number of ether oxygens (including phenoxy) is 2. The Labute approximate surface area is 113 Å². The average molecular weight is 264 g/mol. The number of rotatable bonds is 5. The van der Waals surface area contributed by atoms with E-state index in [1.54, 1.807) is 20.3 Å². The van der Waals surface area contributed by atoms with Gasteiger partial charge in [-0.3, -0.25) is 9.69 Å². The molecule has 1 aliphatic heterocycles. The first-order valence-corrected chi connectivity index (χ1v) is 6.41. The van der Waals surface area contributed by atoms with Crippen LogP contribution < -0.4 is 14.8 Å². The second-order valence-electron chi connectivity index (χ2n) is 4.55. The van der Waals surface area contributed by atoms with Crippen LogP contribution in [0.5, 0.6) is 11.5 Å². The van der Waals surface area contributed by atoms with Crippen LogP contribution >= 0.6 is 0 Å². The van der Waals surface area contributed by atoms with Crippen molar-refractivity contribution in [2.75, 3.05) is 40.4 Å². The van der Waals surface area contributed by atoms with Gasteiger partial charge in [-0.15, -0.1) is 0 Å². The second kappa shape index (κ2) is 6.54. The fourth-order valence-electron chi connectivity index (χ4n) is 2.32. The lowest BCUT2D eigenvalue weighted by molar-refractivity contribution is 0.111. The highest BCUT2D eigenvalue weighted by molar-refractivity contribution is 5.82. The van der Waals surface area contributed by atoms with Crippen LogP contribution in [0.25, 0.3) is 0 Å². The van der Waals surface area contributed by atoms with E-state index in [4.69, 9.17) is 9.47 Å². The van der Waals surface area contributed by atoms with Crippen molar-refractivity contribution in [3.05, 3.63) is 23.3 Å². The lowest BCUT2D eigenvalue weighted by atomic mass is 10.1. The number of hydrogen-bond donors (Lipinski definition) is 1. The summed E-state index contributed by atoms with van der Waals surface area (Å²) in [5.74, 6) is 1.28. The molecule has 0 spiro atoms. The number of carbonyl (C=O) groups is 1. The molecule has 0 unspecified atom stereocenters. The van der Waals surface area contributed by atoms with Crippen LogP contribution in [0.15, 0.2) is 12.1 Å². The number of piperazine rings is 1. The van der Waals surface area contributed by atoms with Gasteiger partial charge in [-0.25, -0.2) is 0 Å². The Morgan fingerprint density at radius 2 is 2.00 bits per heavy atom. The molecule has 0 radical (unpaired) electrons. The molecular formula is C14H20N2O3. The second-order valence-corrected chi connectivity index (χ2v) is 4.55. The molecule has 104 valence electrons. The Hall–Kier alpha value is -1.59. The molecule has 0 aromatic heterocycles. The molecule has 2 rings (SSSR count). The number of methoxy groups -OCH3 is 2. The molecule has 5 heteroatoms. The Bertz CT molecular complexity index is 443. The van der Waals surface area contributed by atoms with Gasteiger partial charge in [-0.05, 0) is 11.6 Å². The van der Waals surface area contributed by atoms with Gasteiger partial charge in [-0.1, -0.05) is 0 Å². The third-order valence-corrected chi connectivity index (χ3v) is 3.38. The van der Waals surface area contributed by atoms with Crippen LogP contribution in [0, 0.1) is 0 Å². The minimum atomic E-state index is 0.569. The molecule has 0 saturated carbocycles. The summed E-state index contributed by atoms with van der Waals surface area (Å²) in [6.45, 7) is 4.67. The van der Waals surface area contributed by atoms with Gasteiger partial charge in [-0.2, -0.15) is 0 Å². The summed E-state index contributed by atoms with van der Waals surface area (Å²) in [5, 5.41) is 3.31. The van der Waals surface area contributed by atoms with Crippen molar-refractivity contribution in [3.8, 4) is 11.5 Å². The number of nitrogens with one attached hydrogen (secondary N) is 1. The van der Waals surface area contributed by atoms with Gasteiger partial charge in [0.25, 0.3) is 0 Å². The van der Waals surface area contributed by atoms with Gasteiger partial charge in [0.05, 0.1) is 19.8 Å². The van der Waals surface area contributed by atoms with Gasteiger partial charge in [0.1, 0.15) is 11.5 Å². The van der Waals surface area contributed by atoms with Gasteiger partial charge in [0.15, 0.2) is 6.29 Å². The number of benzene rings is 1. The zero-order chi connectivity index (χ0) is 13.7. The molecule has 5 nitrogen and oxygen atoms in total. The number of nitrogens with zero attached hydrogens (tertiary/aromatic N) is 1. The third kappa shape index (κ3) is 3.24. The highest BCUT2D eigenvalue weighted by Gasteiger charge is 2.16. The monoisotopic (exact) mass is 264 g/mol. The van der Waals surface area contributed by atoms with E-state index in [9.17, 15) is 4.79 Å². The molecule has 0 atom stereocenters. The van der Waals surface area contributed by atoms with Crippen LogP contribution in [0.1, 0.15) is 15.9 Å². The number of carbonyl (C=O) groups excluding carboxylic acids is 1. The van der Waals surface area contributed by atoms with E-state index in [0.717, 1.165) is 44.6 Å². The van der Waals surface area contributed by atoms with Crippen LogP contribution in [0.3, 0.4) is 0 Å². The molecule has 19 heavy (non-hydrogen) atoms. The third-order valence-electron chi connectivity index (χ3n) is 3.38. The maximum atomic E-state index is 11.3. The van der Waals surface area contributed by atoms with E-state index in [1.807, 2.05) is 6.07 Å². The van der Waals surface area contributed by atoms with Crippen LogP contribution in [0.4, 0.5) is 0 Å². The molecule has 0 aliphatic carbocycles. The maximum Gasteiger partial charge on any atom is 0.154 e. The van der Waals surface area contributed by atoms with E-state index in [2.05, 4.69) is 10.2 Å². The Kier molecular flexibility index (Phi) is 4.76. The molecule has 1 aromatic rings. The molecule has 0 bridgehead atoms. The quantitative estimate of drug-likeness (QED) is 0.802. The minimum absolute atomic E-state index is 0.569. The summed E-state index contributed by atoms with van der Waals surface area (Å²) in [7, 11) is 3.18. The van der Waals surface area contributed by atoms with Crippen LogP contribution in [-0.4, -0.2) is 51.6 Å². The van der Waals surface area contributed by atoms with Crippen molar-refractivity contribution in [1.82, 2.24) is 10.2 Å². The standard InChI is InChI=1S/C14H20N2O3/c1-18-12-7-11(9-16-5-3-15-4-6-16)13(10-17)14(8-12)19-2/h7-8,10,15H,3-6,9H2,1-2H3. The summed E-state index contributed by atoms with van der Waals surface area (Å²) >= 11 is 0. The van der Waals surface area contributed by atoms with Gasteiger partial charge >= 0.3 is 0 Å². The van der Waals surface area contributed by atoms with Crippen LogP contribution in [-0.2, 0) is 6.54 Å². The smallest absolute Gasteiger partial charge is 0.154 e. The average Bonchev–Trinajstić information content (AvgIpc) is 2.47. The Balaban J connectivity index is 2.27. The van der Waals surface area contributed by atoms with E-state index >= 15 is 0 Å². The predicted octanol–water partition coefficient (Wildman–Crippen LogP) is 0.921. The first kappa shape index (κ1) is 13.8. The first-order chi connectivity index (χ1) is 9.28. The summed E-state index contributed by atoms with van der Waals surface area (Å²) in [4.78, 5) is 13.6. The summed E-state index contributed by atoms with van der Waals surface area (Å²) in [6, 6.07) is 3.65. The Morgan fingerprint density at radius 1 is 1.26 bits per heavy atom. The molecule has 1 saturated heterocycles. The lowest BCUT2D eigenvalue weighted by Gasteiger charge is -2.28. The van der Waals surface area contributed by atoms with E-state index < -0.39 is 0 Å². The predicted molar refractivity (Wildman–Crippen MR) is 73.1 cm³/mol. The molecule has 0 amide bonds. The van der Waals surface area contributed by atoms with Gasteiger partial charge < -0.3 is 14.8 Å². The van der Waals surface area contributed by atoms with Gasteiger partial charge in [0.2, 0.25) is 0 Å². The van der Waals surface area contributed by atoms with Crippen LogP contribution in [0.2, 0.25) is 0 Å². The summed E-state index contributed by atoms with van der Waals surface area (Å²) in [5.41, 5.74) is 1.56. The SMILES string of the molecule is COc1cc(CN2CCNCC2)c(C=O)c(OC)c1. The Morgan fingerprint density at radius 3 is 2.58 bits per heavy atom. The van der Waals surface area contributed by atoms with Crippen molar-refractivity contribution in [2.45, 2.75) is 6.54 Å². The molecule has 1 fully saturated rings. The molecule has 1 aliphatic rings. The number of hydrogen-bond acceptors (Lipinski definition) is 5. The van der Waals surface area contributed by atoms with Crippen molar-refractivity contribution >= 4 is 6.29 Å².